The number of halogens is 1. The predicted octanol–water partition coefficient (Wildman–Crippen LogP) is 0.664. The number of likely N-dealkylation sites (tertiary alicyclic amines) is 1. The van der Waals surface area contributed by atoms with E-state index >= 15 is 0 Å². The average Bonchev–Trinajstić information content (AvgIpc) is 2.81. The molecule has 1 rings (SSSR count). The first kappa shape index (κ1) is 17.2. The summed E-state index contributed by atoms with van der Waals surface area (Å²) in [5.74, 6) is 0.0216. The van der Waals surface area contributed by atoms with Gasteiger partial charge in [0.2, 0.25) is 11.8 Å². The quantitative estimate of drug-likeness (QED) is 0.749. The lowest BCUT2D eigenvalue weighted by atomic mass is 10.2. The summed E-state index contributed by atoms with van der Waals surface area (Å²) in [6, 6.07) is 0.182. The van der Waals surface area contributed by atoms with Crippen LogP contribution in [0.4, 0.5) is 0 Å². The third-order valence-corrected chi connectivity index (χ3v) is 3.11. The molecule has 1 atom stereocenters. The van der Waals surface area contributed by atoms with Crippen molar-refractivity contribution >= 4 is 24.2 Å². The molecule has 0 radical (unpaired) electrons. The van der Waals surface area contributed by atoms with Crippen LogP contribution in [0.3, 0.4) is 0 Å². The van der Waals surface area contributed by atoms with Gasteiger partial charge >= 0.3 is 0 Å². The van der Waals surface area contributed by atoms with Crippen LogP contribution in [0.15, 0.2) is 0 Å². The minimum atomic E-state index is -0.0382. The highest BCUT2D eigenvalue weighted by atomic mass is 35.5. The molecule has 0 aromatic heterocycles. The molecule has 1 aliphatic rings. The fraction of sp³-hybridized carbons (Fsp3) is 0.833. The molecule has 1 unspecified atom stereocenters. The molecule has 2 amide bonds. The van der Waals surface area contributed by atoms with Crippen LogP contribution in [0.1, 0.15) is 39.0 Å². The zero-order valence-electron chi connectivity index (χ0n) is 11.0. The number of nitrogens with two attached hydrogens (primary N) is 1. The third-order valence-electron chi connectivity index (χ3n) is 3.11. The normalized spacial score (nSPS) is 18.3. The Morgan fingerprint density at radius 3 is 2.72 bits per heavy atom. The van der Waals surface area contributed by atoms with Crippen molar-refractivity contribution < 1.29 is 9.59 Å². The molecule has 0 saturated carbocycles. The van der Waals surface area contributed by atoms with Crippen LogP contribution < -0.4 is 11.1 Å². The van der Waals surface area contributed by atoms with Crippen LogP contribution in [0.2, 0.25) is 0 Å². The van der Waals surface area contributed by atoms with E-state index in [1.165, 1.54) is 0 Å². The van der Waals surface area contributed by atoms with Gasteiger partial charge in [0.15, 0.2) is 0 Å². The molecular formula is C12H24ClN3O2. The van der Waals surface area contributed by atoms with Crippen molar-refractivity contribution in [2.75, 3.05) is 19.6 Å². The fourth-order valence-corrected chi connectivity index (χ4v) is 2.13. The number of carbonyl (C=O) groups is 2. The lowest BCUT2D eigenvalue weighted by molar-refractivity contribution is -0.134. The summed E-state index contributed by atoms with van der Waals surface area (Å²) < 4.78 is 0. The van der Waals surface area contributed by atoms with E-state index in [-0.39, 0.29) is 36.7 Å². The summed E-state index contributed by atoms with van der Waals surface area (Å²) in [7, 11) is 0. The minimum Gasteiger partial charge on any atom is -0.356 e. The van der Waals surface area contributed by atoms with E-state index in [4.69, 9.17) is 5.73 Å². The smallest absolute Gasteiger partial charge is 0.223 e. The second kappa shape index (κ2) is 9.16. The molecule has 0 aromatic rings. The van der Waals surface area contributed by atoms with E-state index in [2.05, 4.69) is 5.32 Å². The molecule has 1 aliphatic heterocycles. The molecule has 18 heavy (non-hydrogen) atoms. The largest absolute Gasteiger partial charge is 0.356 e. The molecular weight excluding hydrogens is 254 g/mol. The molecule has 5 nitrogen and oxygen atoms in total. The molecule has 1 fully saturated rings. The molecule has 0 bridgehead atoms. The second-order valence-corrected chi connectivity index (χ2v) is 4.47. The van der Waals surface area contributed by atoms with E-state index in [0.717, 1.165) is 25.8 Å². The van der Waals surface area contributed by atoms with Gasteiger partial charge in [-0.15, -0.1) is 12.4 Å². The molecule has 1 heterocycles. The highest BCUT2D eigenvalue weighted by molar-refractivity contribution is 5.85. The number of amides is 2. The number of nitrogens with one attached hydrogen (secondary N) is 1. The predicted molar refractivity (Wildman–Crippen MR) is 73.6 cm³/mol. The lowest BCUT2D eigenvalue weighted by Crippen LogP contribution is -2.40. The number of hydrogen-bond acceptors (Lipinski definition) is 3. The van der Waals surface area contributed by atoms with Crippen LogP contribution in [0.25, 0.3) is 0 Å². The zero-order valence-corrected chi connectivity index (χ0v) is 11.8. The summed E-state index contributed by atoms with van der Waals surface area (Å²) >= 11 is 0. The van der Waals surface area contributed by atoms with Crippen molar-refractivity contribution in [2.24, 2.45) is 5.73 Å². The maximum atomic E-state index is 11.9. The Kier molecular flexibility index (Phi) is 8.75. The molecule has 3 N–H and O–H groups in total. The van der Waals surface area contributed by atoms with Crippen molar-refractivity contribution in [3.63, 3.8) is 0 Å². The van der Waals surface area contributed by atoms with Gasteiger partial charge in [-0.25, -0.2) is 0 Å². The monoisotopic (exact) mass is 277 g/mol. The Balaban J connectivity index is 0.00000289. The van der Waals surface area contributed by atoms with Gasteiger partial charge < -0.3 is 16.0 Å². The van der Waals surface area contributed by atoms with Crippen molar-refractivity contribution in [1.29, 1.82) is 0 Å². The van der Waals surface area contributed by atoms with E-state index in [0.29, 0.717) is 19.5 Å². The lowest BCUT2D eigenvalue weighted by Gasteiger charge is -2.23. The highest BCUT2D eigenvalue weighted by Gasteiger charge is 2.27. The maximum Gasteiger partial charge on any atom is 0.223 e. The Hall–Kier alpha value is -0.810. The van der Waals surface area contributed by atoms with Crippen LogP contribution in [0, 0.1) is 0 Å². The summed E-state index contributed by atoms with van der Waals surface area (Å²) in [5.41, 5.74) is 5.61. The minimum absolute atomic E-state index is 0. The second-order valence-electron chi connectivity index (χ2n) is 4.47. The van der Waals surface area contributed by atoms with Gasteiger partial charge in [-0.3, -0.25) is 9.59 Å². The van der Waals surface area contributed by atoms with Crippen LogP contribution >= 0.6 is 12.4 Å². The maximum absolute atomic E-state index is 11.9. The van der Waals surface area contributed by atoms with E-state index in [1.807, 2.05) is 11.8 Å². The number of rotatable bonds is 6. The summed E-state index contributed by atoms with van der Waals surface area (Å²) in [6.45, 7) is 3.99. The molecule has 1 saturated heterocycles. The van der Waals surface area contributed by atoms with Gasteiger partial charge in [0.05, 0.1) is 0 Å². The van der Waals surface area contributed by atoms with Crippen molar-refractivity contribution in [2.45, 2.75) is 45.1 Å². The molecule has 0 spiro atoms. The van der Waals surface area contributed by atoms with E-state index in [9.17, 15) is 9.59 Å². The number of carbonyl (C=O) groups excluding carboxylic acids is 2. The Morgan fingerprint density at radius 2 is 2.11 bits per heavy atom. The standard InChI is InChI=1S/C12H23N3O2.ClH/c1-2-7-14-11(16)5-6-12(17)15-8-3-4-10(15)9-13;/h10H,2-9,13H2,1H3,(H,14,16);1H. The first-order chi connectivity index (χ1) is 8.19. The molecule has 106 valence electrons. The molecule has 0 aromatic carbocycles. The van der Waals surface area contributed by atoms with Gasteiger partial charge in [0, 0.05) is 38.5 Å². The number of nitrogens with zero attached hydrogens (tertiary/aromatic N) is 1. The fourth-order valence-electron chi connectivity index (χ4n) is 2.13. The van der Waals surface area contributed by atoms with Crippen molar-refractivity contribution in [3.8, 4) is 0 Å². The van der Waals surface area contributed by atoms with Crippen LogP contribution in [-0.4, -0.2) is 42.4 Å². The van der Waals surface area contributed by atoms with Crippen molar-refractivity contribution in [3.05, 3.63) is 0 Å². The summed E-state index contributed by atoms with van der Waals surface area (Å²) in [4.78, 5) is 25.1. The highest BCUT2D eigenvalue weighted by Crippen LogP contribution is 2.17. The van der Waals surface area contributed by atoms with Gasteiger partial charge in [-0.2, -0.15) is 0 Å². The van der Waals surface area contributed by atoms with Gasteiger partial charge in [0.1, 0.15) is 0 Å². The molecule has 6 heteroatoms. The Morgan fingerprint density at radius 1 is 1.39 bits per heavy atom. The SMILES string of the molecule is CCCNC(=O)CCC(=O)N1CCCC1CN.Cl. The van der Waals surface area contributed by atoms with Crippen LogP contribution in [0.5, 0.6) is 0 Å². The first-order valence-corrected chi connectivity index (χ1v) is 6.45. The summed E-state index contributed by atoms with van der Waals surface area (Å²) in [5, 5.41) is 2.77. The van der Waals surface area contributed by atoms with E-state index in [1.54, 1.807) is 0 Å². The van der Waals surface area contributed by atoms with Crippen LogP contribution in [-0.2, 0) is 9.59 Å². The zero-order chi connectivity index (χ0) is 12.7. The first-order valence-electron chi connectivity index (χ1n) is 6.45. The van der Waals surface area contributed by atoms with Gasteiger partial charge in [-0.05, 0) is 19.3 Å². The Bertz CT molecular complexity index is 274. The average molecular weight is 278 g/mol. The number of hydrogen-bond donors (Lipinski definition) is 2. The van der Waals surface area contributed by atoms with Crippen molar-refractivity contribution in [1.82, 2.24) is 10.2 Å². The molecule has 0 aliphatic carbocycles. The topological polar surface area (TPSA) is 75.4 Å². The van der Waals surface area contributed by atoms with Gasteiger partial charge in [0.25, 0.3) is 0 Å². The third kappa shape index (κ3) is 5.23. The van der Waals surface area contributed by atoms with Gasteiger partial charge in [-0.1, -0.05) is 6.92 Å². The summed E-state index contributed by atoms with van der Waals surface area (Å²) in [6.07, 6.45) is 3.51. The van der Waals surface area contributed by atoms with E-state index < -0.39 is 0 Å². The Labute approximate surface area is 115 Å².